The van der Waals surface area contributed by atoms with Crippen LogP contribution in [0.1, 0.15) is 32.8 Å². The van der Waals surface area contributed by atoms with Gasteiger partial charge < -0.3 is 0 Å². The average Bonchev–Trinajstić information content (AvgIpc) is 2.15. The minimum Gasteiger partial charge on any atom is -0.0651 e. The maximum atomic E-state index is 2.32. The van der Waals surface area contributed by atoms with Gasteiger partial charge in [-0.2, -0.15) is 0 Å². The van der Waals surface area contributed by atoms with Crippen molar-refractivity contribution in [1.82, 2.24) is 0 Å². The molecule has 0 saturated heterocycles. The Morgan fingerprint density at radius 2 is 1.69 bits per heavy atom. The molecule has 0 aliphatic carbocycles. The zero-order valence-corrected chi connectivity index (χ0v) is 8.96. The number of rotatable bonds is 4. The molecule has 0 nitrogen and oxygen atoms in total. The minimum atomic E-state index is 0.796. The zero-order chi connectivity index (χ0) is 9.68. The van der Waals surface area contributed by atoms with Gasteiger partial charge in [-0.05, 0) is 23.8 Å². The van der Waals surface area contributed by atoms with Gasteiger partial charge in [0.05, 0.1) is 0 Å². The molecule has 0 aromatic heterocycles. The molecule has 0 bridgehead atoms. The number of hydrogen-bond acceptors (Lipinski definition) is 0. The van der Waals surface area contributed by atoms with E-state index in [2.05, 4.69) is 51.1 Å². The second kappa shape index (κ2) is 5.06. The summed E-state index contributed by atoms with van der Waals surface area (Å²) in [6.07, 6.45) is 2.52. The summed E-state index contributed by atoms with van der Waals surface area (Å²) < 4.78 is 0. The molecule has 0 heteroatoms. The Balaban J connectivity index is 2.57. The lowest BCUT2D eigenvalue weighted by molar-refractivity contribution is 0.371. The van der Waals surface area contributed by atoms with Crippen LogP contribution in [0.2, 0.25) is 0 Å². The predicted molar refractivity (Wildman–Crippen MR) is 58.8 cm³/mol. The highest BCUT2D eigenvalue weighted by Crippen LogP contribution is 2.19. The highest BCUT2D eigenvalue weighted by Gasteiger charge is 2.10. The van der Waals surface area contributed by atoms with Gasteiger partial charge in [0.1, 0.15) is 0 Å². The van der Waals surface area contributed by atoms with Crippen molar-refractivity contribution in [2.75, 3.05) is 0 Å². The Bertz CT molecular complexity index is 223. The molecule has 13 heavy (non-hydrogen) atoms. The SMILES string of the molecule is CC[C@@H](Cc1ccccc1)C(C)C. The molecule has 0 fully saturated rings. The zero-order valence-electron chi connectivity index (χ0n) is 8.96. The summed E-state index contributed by atoms with van der Waals surface area (Å²) in [4.78, 5) is 0. The molecular weight excluding hydrogens is 156 g/mol. The lowest BCUT2D eigenvalue weighted by atomic mass is 9.87. The molecule has 1 rings (SSSR count). The molecule has 0 saturated carbocycles. The third-order valence-electron chi connectivity index (χ3n) is 2.81. The normalized spacial score (nSPS) is 13.2. The molecule has 0 spiro atoms. The minimum absolute atomic E-state index is 0.796. The largest absolute Gasteiger partial charge is 0.0651 e. The van der Waals surface area contributed by atoms with Crippen LogP contribution in [-0.2, 0) is 6.42 Å². The highest BCUT2D eigenvalue weighted by molar-refractivity contribution is 5.15. The fourth-order valence-electron chi connectivity index (χ4n) is 1.77. The summed E-state index contributed by atoms with van der Waals surface area (Å²) in [5.74, 6) is 1.63. The Morgan fingerprint density at radius 3 is 2.15 bits per heavy atom. The molecule has 1 atom stereocenters. The average molecular weight is 176 g/mol. The first-order valence-electron chi connectivity index (χ1n) is 5.28. The first kappa shape index (κ1) is 10.3. The Morgan fingerprint density at radius 1 is 1.08 bits per heavy atom. The van der Waals surface area contributed by atoms with Gasteiger partial charge in [0, 0.05) is 0 Å². The van der Waals surface area contributed by atoms with Crippen LogP contribution in [0.5, 0.6) is 0 Å². The summed E-state index contributed by atoms with van der Waals surface area (Å²) >= 11 is 0. The molecule has 0 radical (unpaired) electrons. The van der Waals surface area contributed by atoms with E-state index in [1.165, 1.54) is 18.4 Å². The quantitative estimate of drug-likeness (QED) is 0.652. The van der Waals surface area contributed by atoms with E-state index in [1.807, 2.05) is 0 Å². The number of benzene rings is 1. The van der Waals surface area contributed by atoms with E-state index in [-0.39, 0.29) is 0 Å². The van der Waals surface area contributed by atoms with Crippen molar-refractivity contribution < 1.29 is 0 Å². The molecule has 0 aliphatic heterocycles. The first-order valence-corrected chi connectivity index (χ1v) is 5.28. The van der Waals surface area contributed by atoms with Gasteiger partial charge >= 0.3 is 0 Å². The van der Waals surface area contributed by atoms with Gasteiger partial charge in [0.25, 0.3) is 0 Å². The van der Waals surface area contributed by atoms with Gasteiger partial charge in [0.15, 0.2) is 0 Å². The first-order chi connectivity index (χ1) is 6.24. The molecule has 72 valence electrons. The Kier molecular flexibility index (Phi) is 4.01. The van der Waals surface area contributed by atoms with Crippen molar-refractivity contribution in [3.8, 4) is 0 Å². The van der Waals surface area contributed by atoms with Gasteiger partial charge in [-0.15, -0.1) is 0 Å². The molecule has 0 N–H and O–H groups in total. The van der Waals surface area contributed by atoms with Gasteiger partial charge in [-0.1, -0.05) is 57.5 Å². The second-order valence-corrected chi connectivity index (χ2v) is 4.10. The van der Waals surface area contributed by atoms with E-state index >= 15 is 0 Å². The molecular formula is C13H20. The smallest absolute Gasteiger partial charge is 0.0248 e. The van der Waals surface area contributed by atoms with Crippen LogP contribution >= 0.6 is 0 Å². The lowest BCUT2D eigenvalue weighted by Crippen LogP contribution is -2.10. The van der Waals surface area contributed by atoms with Gasteiger partial charge in [-0.25, -0.2) is 0 Å². The van der Waals surface area contributed by atoms with E-state index in [1.54, 1.807) is 0 Å². The summed E-state index contributed by atoms with van der Waals surface area (Å²) in [5, 5.41) is 0. The maximum Gasteiger partial charge on any atom is -0.0248 e. The van der Waals surface area contributed by atoms with Crippen molar-refractivity contribution in [3.05, 3.63) is 35.9 Å². The van der Waals surface area contributed by atoms with Crippen LogP contribution in [0.25, 0.3) is 0 Å². The lowest BCUT2D eigenvalue weighted by Gasteiger charge is -2.18. The molecule has 0 unspecified atom stereocenters. The van der Waals surface area contributed by atoms with Crippen molar-refractivity contribution >= 4 is 0 Å². The van der Waals surface area contributed by atoms with Crippen molar-refractivity contribution in [1.29, 1.82) is 0 Å². The third kappa shape index (κ3) is 3.22. The third-order valence-corrected chi connectivity index (χ3v) is 2.81. The topological polar surface area (TPSA) is 0 Å². The Hall–Kier alpha value is -0.780. The van der Waals surface area contributed by atoms with Gasteiger partial charge in [-0.3, -0.25) is 0 Å². The van der Waals surface area contributed by atoms with Crippen molar-refractivity contribution in [2.24, 2.45) is 11.8 Å². The summed E-state index contributed by atoms with van der Waals surface area (Å²) in [5.41, 5.74) is 1.48. The van der Waals surface area contributed by atoms with Crippen LogP contribution < -0.4 is 0 Å². The highest BCUT2D eigenvalue weighted by atomic mass is 14.2. The van der Waals surface area contributed by atoms with E-state index in [9.17, 15) is 0 Å². The van der Waals surface area contributed by atoms with Crippen LogP contribution in [0.15, 0.2) is 30.3 Å². The standard InChI is InChI=1S/C13H20/c1-4-13(11(2)3)10-12-8-6-5-7-9-12/h5-9,11,13H,4,10H2,1-3H3/t13-/m0/s1. The molecule has 1 aromatic carbocycles. The maximum absolute atomic E-state index is 2.32. The van der Waals surface area contributed by atoms with Crippen LogP contribution in [0.3, 0.4) is 0 Å². The fraction of sp³-hybridized carbons (Fsp3) is 0.538. The van der Waals surface area contributed by atoms with E-state index < -0.39 is 0 Å². The van der Waals surface area contributed by atoms with E-state index in [4.69, 9.17) is 0 Å². The Labute approximate surface area is 82.0 Å². The van der Waals surface area contributed by atoms with Crippen LogP contribution in [-0.4, -0.2) is 0 Å². The van der Waals surface area contributed by atoms with Gasteiger partial charge in [0.2, 0.25) is 0 Å². The summed E-state index contributed by atoms with van der Waals surface area (Å²) in [6, 6.07) is 10.8. The second-order valence-electron chi connectivity index (χ2n) is 4.10. The number of hydrogen-bond donors (Lipinski definition) is 0. The molecule has 1 aromatic rings. The molecule has 0 aliphatic rings. The molecule has 0 amide bonds. The predicted octanol–water partition coefficient (Wildman–Crippen LogP) is 3.91. The van der Waals surface area contributed by atoms with Crippen molar-refractivity contribution in [3.63, 3.8) is 0 Å². The monoisotopic (exact) mass is 176 g/mol. The fourth-order valence-corrected chi connectivity index (χ4v) is 1.77. The van der Waals surface area contributed by atoms with Crippen LogP contribution in [0, 0.1) is 11.8 Å². The summed E-state index contributed by atoms with van der Waals surface area (Å²) in [7, 11) is 0. The van der Waals surface area contributed by atoms with Crippen molar-refractivity contribution in [2.45, 2.75) is 33.6 Å². The van der Waals surface area contributed by atoms with Crippen LogP contribution in [0.4, 0.5) is 0 Å². The molecule has 0 heterocycles. The van der Waals surface area contributed by atoms with E-state index in [0.29, 0.717) is 0 Å². The summed E-state index contributed by atoms with van der Waals surface area (Å²) in [6.45, 7) is 6.92. The van der Waals surface area contributed by atoms with E-state index in [0.717, 1.165) is 11.8 Å².